The Bertz CT molecular complexity index is 377. The normalized spacial score (nSPS) is 21.8. The van der Waals surface area contributed by atoms with E-state index >= 15 is 0 Å². The number of ether oxygens (including phenoxy) is 1. The molecule has 0 spiro atoms. The molecule has 2 rings (SSSR count). The van der Waals surface area contributed by atoms with Crippen molar-refractivity contribution in [1.29, 1.82) is 0 Å². The summed E-state index contributed by atoms with van der Waals surface area (Å²) in [5.74, 6) is 0. The lowest BCUT2D eigenvalue weighted by Gasteiger charge is -2.27. The van der Waals surface area contributed by atoms with Crippen LogP contribution in [0.2, 0.25) is 0 Å². The number of nitrogens with zero attached hydrogens (tertiary/aromatic N) is 1. The smallest absolute Gasteiger partial charge is 0.292 e. The third-order valence-corrected chi connectivity index (χ3v) is 2.14. The number of aliphatic hydroxyl groups excluding tert-OH is 2. The number of hydrogen-bond donors (Lipinski definition) is 3. The first kappa shape index (κ1) is 13.4. The quantitative estimate of drug-likeness (QED) is 0.510. The van der Waals surface area contributed by atoms with E-state index in [-0.39, 0.29) is 12.3 Å². The van der Waals surface area contributed by atoms with Crippen LogP contribution < -0.4 is 5.32 Å². The monoisotopic (exact) mass is 242 g/mol. The van der Waals surface area contributed by atoms with E-state index in [0.29, 0.717) is 5.69 Å². The van der Waals surface area contributed by atoms with Gasteiger partial charge < -0.3 is 20.3 Å². The Kier molecular flexibility index (Phi) is 4.83. The Labute approximate surface area is 97.8 Å². The van der Waals surface area contributed by atoms with Gasteiger partial charge in [-0.15, -0.1) is 0 Å². The number of nitro groups is 1. The maximum absolute atomic E-state index is 10.3. The second-order valence-corrected chi connectivity index (χ2v) is 3.32. The van der Waals surface area contributed by atoms with Crippen LogP contribution in [0.3, 0.4) is 0 Å². The van der Waals surface area contributed by atoms with E-state index in [1.54, 1.807) is 25.2 Å². The van der Waals surface area contributed by atoms with E-state index in [1.165, 1.54) is 6.07 Å². The van der Waals surface area contributed by atoms with Crippen molar-refractivity contribution >= 4 is 11.4 Å². The number of benzene rings is 1. The second-order valence-electron chi connectivity index (χ2n) is 3.32. The maximum Gasteiger partial charge on any atom is 0.292 e. The van der Waals surface area contributed by atoms with E-state index in [4.69, 9.17) is 10.2 Å². The van der Waals surface area contributed by atoms with Crippen LogP contribution in [0.5, 0.6) is 0 Å². The summed E-state index contributed by atoms with van der Waals surface area (Å²) in [6.45, 7) is 0.279. The van der Waals surface area contributed by atoms with Crippen LogP contribution in [0, 0.1) is 10.1 Å². The molecule has 7 nitrogen and oxygen atoms in total. The van der Waals surface area contributed by atoms with Gasteiger partial charge in [0.2, 0.25) is 0 Å². The molecule has 2 unspecified atom stereocenters. The van der Waals surface area contributed by atoms with Gasteiger partial charge in [-0.3, -0.25) is 10.1 Å². The summed E-state index contributed by atoms with van der Waals surface area (Å²) in [6.07, 6.45) is -1.55. The molecule has 0 aliphatic carbocycles. The summed E-state index contributed by atoms with van der Waals surface area (Å²) >= 11 is 0. The Hall–Kier alpha value is -1.70. The van der Waals surface area contributed by atoms with Gasteiger partial charge in [-0.1, -0.05) is 12.1 Å². The third-order valence-electron chi connectivity index (χ3n) is 2.14. The van der Waals surface area contributed by atoms with E-state index in [0.717, 1.165) is 0 Å². The highest BCUT2D eigenvalue weighted by molar-refractivity contribution is 5.60. The molecule has 0 saturated carbocycles. The Morgan fingerprint density at radius 2 is 2.06 bits per heavy atom. The molecule has 1 aliphatic rings. The zero-order valence-corrected chi connectivity index (χ0v) is 9.24. The minimum absolute atomic E-state index is 0.106. The topological polar surface area (TPSA) is 105 Å². The molecule has 1 aliphatic heterocycles. The zero-order valence-electron chi connectivity index (χ0n) is 9.24. The van der Waals surface area contributed by atoms with Crippen LogP contribution in [0.1, 0.15) is 0 Å². The lowest BCUT2D eigenvalue weighted by molar-refractivity contribution is -0.383. The average molecular weight is 242 g/mol. The first-order chi connectivity index (χ1) is 8.06. The first-order valence-electron chi connectivity index (χ1n) is 4.95. The van der Waals surface area contributed by atoms with Crippen molar-refractivity contribution in [2.75, 3.05) is 19.0 Å². The van der Waals surface area contributed by atoms with Gasteiger partial charge in [-0.05, 0) is 6.07 Å². The molecular weight excluding hydrogens is 228 g/mol. The predicted molar refractivity (Wildman–Crippen MR) is 60.6 cm³/mol. The standard InChI is InChI=1S/C7H8N2O2.C3H6O3/c1-8-6-4-2-3-5-7(6)9(10)11;4-2-1-6-3(2)5/h2-5,8H,1H3;2-5H,1H2. The van der Waals surface area contributed by atoms with Crippen molar-refractivity contribution in [2.45, 2.75) is 12.4 Å². The lowest BCUT2D eigenvalue weighted by Crippen LogP contribution is -2.44. The highest BCUT2D eigenvalue weighted by atomic mass is 16.7. The van der Waals surface area contributed by atoms with Gasteiger partial charge in [-0.2, -0.15) is 0 Å². The van der Waals surface area contributed by atoms with Gasteiger partial charge in [0, 0.05) is 13.1 Å². The molecule has 1 saturated heterocycles. The van der Waals surface area contributed by atoms with Crippen molar-refractivity contribution in [2.24, 2.45) is 0 Å². The summed E-state index contributed by atoms with van der Waals surface area (Å²) in [5, 5.41) is 29.7. The van der Waals surface area contributed by atoms with Gasteiger partial charge in [0.15, 0.2) is 6.29 Å². The van der Waals surface area contributed by atoms with Crippen molar-refractivity contribution in [3.8, 4) is 0 Å². The van der Waals surface area contributed by atoms with Gasteiger partial charge in [-0.25, -0.2) is 0 Å². The molecule has 1 aromatic carbocycles. The van der Waals surface area contributed by atoms with Crippen LogP contribution >= 0.6 is 0 Å². The van der Waals surface area contributed by atoms with Crippen LogP contribution in [0.15, 0.2) is 24.3 Å². The fourth-order valence-electron chi connectivity index (χ4n) is 1.11. The molecule has 17 heavy (non-hydrogen) atoms. The SMILES string of the molecule is CNc1ccccc1[N+](=O)[O-].OC1COC1O. The number of nitro benzene ring substituents is 1. The van der Waals surface area contributed by atoms with Crippen molar-refractivity contribution < 1.29 is 19.9 Å². The molecule has 7 heteroatoms. The summed E-state index contributed by atoms with van der Waals surface area (Å²) in [4.78, 5) is 9.94. The van der Waals surface area contributed by atoms with Crippen LogP contribution in [-0.4, -0.2) is 41.2 Å². The highest BCUT2D eigenvalue weighted by Gasteiger charge is 2.26. The second kappa shape index (κ2) is 6.14. The van der Waals surface area contributed by atoms with Gasteiger partial charge in [0.25, 0.3) is 5.69 Å². The summed E-state index contributed by atoms with van der Waals surface area (Å²) < 4.78 is 4.35. The van der Waals surface area contributed by atoms with E-state index in [9.17, 15) is 10.1 Å². The molecule has 0 aromatic heterocycles. The molecule has 0 bridgehead atoms. The summed E-state index contributed by atoms with van der Waals surface area (Å²) in [6, 6.07) is 6.52. The van der Waals surface area contributed by atoms with E-state index in [1.807, 2.05) is 0 Å². The number of hydrogen-bond acceptors (Lipinski definition) is 6. The molecule has 1 aromatic rings. The predicted octanol–water partition coefficient (Wildman–Crippen LogP) is 0.332. The fourth-order valence-corrected chi connectivity index (χ4v) is 1.11. The molecular formula is C10H14N2O5. The van der Waals surface area contributed by atoms with Crippen LogP contribution in [0.25, 0.3) is 0 Å². The molecule has 1 heterocycles. The number of para-hydroxylation sites is 2. The molecule has 0 radical (unpaired) electrons. The average Bonchev–Trinajstić information content (AvgIpc) is 2.37. The van der Waals surface area contributed by atoms with Crippen LogP contribution in [-0.2, 0) is 4.74 Å². The fraction of sp³-hybridized carbons (Fsp3) is 0.400. The minimum atomic E-state index is -0.912. The zero-order chi connectivity index (χ0) is 12.8. The molecule has 0 amide bonds. The van der Waals surface area contributed by atoms with Gasteiger partial charge >= 0.3 is 0 Å². The minimum Gasteiger partial charge on any atom is -0.385 e. The summed E-state index contributed by atoms with van der Waals surface area (Å²) in [7, 11) is 1.66. The Balaban J connectivity index is 0.000000202. The first-order valence-corrected chi connectivity index (χ1v) is 4.95. The molecule has 2 atom stereocenters. The molecule has 1 fully saturated rings. The van der Waals surface area contributed by atoms with Gasteiger partial charge in [0.05, 0.1) is 11.5 Å². The van der Waals surface area contributed by atoms with Crippen LogP contribution in [0.4, 0.5) is 11.4 Å². The molecule has 94 valence electrons. The Morgan fingerprint density at radius 3 is 2.35 bits per heavy atom. The lowest BCUT2D eigenvalue weighted by atomic mass is 10.3. The van der Waals surface area contributed by atoms with Crippen molar-refractivity contribution in [1.82, 2.24) is 0 Å². The number of anilines is 1. The highest BCUT2D eigenvalue weighted by Crippen LogP contribution is 2.21. The largest absolute Gasteiger partial charge is 0.385 e. The van der Waals surface area contributed by atoms with Crippen molar-refractivity contribution in [3.63, 3.8) is 0 Å². The number of aliphatic hydroxyl groups is 2. The summed E-state index contributed by atoms with van der Waals surface area (Å²) in [5.41, 5.74) is 0.646. The van der Waals surface area contributed by atoms with Crippen molar-refractivity contribution in [3.05, 3.63) is 34.4 Å². The van der Waals surface area contributed by atoms with E-state index in [2.05, 4.69) is 10.1 Å². The third kappa shape index (κ3) is 3.66. The van der Waals surface area contributed by atoms with Gasteiger partial charge in [0.1, 0.15) is 11.8 Å². The maximum atomic E-state index is 10.3. The van der Waals surface area contributed by atoms with E-state index < -0.39 is 17.3 Å². The number of rotatable bonds is 2. The number of nitrogens with one attached hydrogen (secondary N) is 1. The molecule has 3 N–H and O–H groups in total. The Morgan fingerprint density at radius 1 is 1.47 bits per heavy atom.